The first-order valence-corrected chi connectivity index (χ1v) is 21.1. The van der Waals surface area contributed by atoms with Crippen molar-refractivity contribution in [2.24, 2.45) is 5.92 Å². The average Bonchev–Trinajstić information content (AvgIpc) is 3.46. The zero-order valence-corrected chi connectivity index (χ0v) is 35.4. The summed E-state index contributed by atoms with van der Waals surface area (Å²) in [6.45, 7) is 9.50. The van der Waals surface area contributed by atoms with Crippen LogP contribution in [0.1, 0.15) is 82.4 Å². The number of benzene rings is 2. The first-order valence-electron chi connectivity index (χ1n) is 20.7. The molecule has 0 bridgehead atoms. The number of hydrogen-bond donors (Lipinski definition) is 5. The lowest BCUT2D eigenvalue weighted by atomic mass is 9.99. The van der Waals surface area contributed by atoms with Gasteiger partial charge in [0.1, 0.15) is 41.6 Å². The van der Waals surface area contributed by atoms with Gasteiger partial charge in [-0.05, 0) is 95.9 Å². The Bertz CT molecular complexity index is 2030. The Morgan fingerprint density at radius 2 is 1.57 bits per heavy atom. The Balaban J connectivity index is 1.14. The van der Waals surface area contributed by atoms with E-state index in [1.54, 1.807) is 11.8 Å². The number of nitrogens with zero attached hydrogens (tertiary/aromatic N) is 3. The van der Waals surface area contributed by atoms with Crippen LogP contribution in [0.3, 0.4) is 0 Å². The van der Waals surface area contributed by atoms with Crippen LogP contribution in [-0.2, 0) is 35.2 Å². The summed E-state index contributed by atoms with van der Waals surface area (Å²) >= 11 is 5.86. The molecular weight excluding hydrogens is 797 g/mol. The van der Waals surface area contributed by atoms with E-state index in [9.17, 15) is 43.1 Å². The van der Waals surface area contributed by atoms with Crippen molar-refractivity contribution in [3.8, 4) is 0 Å². The number of hydrogen-bond acceptors (Lipinski definition) is 8. The zero-order valence-electron chi connectivity index (χ0n) is 34.7. The monoisotopic (exact) mass is 851 g/mol. The standard InChI is InChI=1S/C43H55ClFN7O8/c1-23-15-24(2)17-28(16-23)18-32(48-42(60)47-31-12-11-29(44)19-30(31)45)37(55)49-36(27(5)53)41(59)51-14-8-10-34(51)40(58)50-13-7-6-9-33(50)38(56)46-26(4)39(57)52-22-25(3)20-43(52)21-35(43)54/h11-12,15-17,19,25-27,32-34,36,53H,6-10,13-14,18,20-22H2,1-5H3,(H,46,56)(H,49,55)(H2,47,48,60)/t25-,26+,27+,32+,33+,34+,36+,43+/m1/s1. The van der Waals surface area contributed by atoms with E-state index in [1.165, 1.54) is 28.9 Å². The molecule has 324 valence electrons. The van der Waals surface area contributed by atoms with E-state index in [1.807, 2.05) is 39.0 Å². The van der Waals surface area contributed by atoms with E-state index in [2.05, 4.69) is 21.3 Å². The minimum Gasteiger partial charge on any atom is -0.391 e. The minimum absolute atomic E-state index is 0.0187. The van der Waals surface area contributed by atoms with Crippen molar-refractivity contribution in [2.75, 3.05) is 25.0 Å². The van der Waals surface area contributed by atoms with Gasteiger partial charge in [-0.25, -0.2) is 9.18 Å². The summed E-state index contributed by atoms with van der Waals surface area (Å²) < 4.78 is 14.5. The average molecular weight is 852 g/mol. The maximum Gasteiger partial charge on any atom is 0.319 e. The molecule has 2 aromatic rings. The molecule has 2 aromatic carbocycles. The molecule has 60 heavy (non-hydrogen) atoms. The molecule has 3 aliphatic heterocycles. The molecule has 0 unspecified atom stereocenters. The molecule has 0 aromatic heterocycles. The van der Waals surface area contributed by atoms with E-state index < -0.39 is 77.3 Å². The number of likely N-dealkylation sites (tertiary alicyclic amines) is 3. The lowest BCUT2D eigenvalue weighted by molar-refractivity contribution is -0.152. The van der Waals surface area contributed by atoms with E-state index in [0.29, 0.717) is 50.6 Å². The van der Waals surface area contributed by atoms with Crippen LogP contribution in [-0.4, -0.2) is 123 Å². The maximum atomic E-state index is 14.5. The second kappa shape index (κ2) is 18.3. The molecule has 4 aliphatic rings. The molecule has 4 fully saturated rings. The molecule has 17 heteroatoms. The van der Waals surface area contributed by atoms with Crippen molar-refractivity contribution in [1.82, 2.24) is 30.7 Å². The highest BCUT2D eigenvalue weighted by Gasteiger charge is 2.63. The molecule has 1 saturated carbocycles. The number of urea groups is 1. The number of halogens is 2. The van der Waals surface area contributed by atoms with Gasteiger partial charge in [-0.15, -0.1) is 0 Å². The predicted octanol–water partition coefficient (Wildman–Crippen LogP) is 3.15. The van der Waals surface area contributed by atoms with Crippen LogP contribution >= 0.6 is 11.6 Å². The Labute approximate surface area is 354 Å². The van der Waals surface area contributed by atoms with Crippen LogP contribution < -0.4 is 21.3 Å². The quantitative estimate of drug-likeness (QED) is 0.215. The Kier molecular flexibility index (Phi) is 13.5. The van der Waals surface area contributed by atoms with Gasteiger partial charge in [0.2, 0.25) is 29.5 Å². The highest BCUT2D eigenvalue weighted by atomic mass is 35.5. The summed E-state index contributed by atoms with van der Waals surface area (Å²) in [6.07, 6.45) is 1.86. The fourth-order valence-corrected chi connectivity index (χ4v) is 9.26. The fourth-order valence-electron chi connectivity index (χ4n) is 9.10. The number of carbonyl (C=O) groups excluding carboxylic acids is 7. The molecule has 7 amide bonds. The van der Waals surface area contributed by atoms with Gasteiger partial charge in [0, 0.05) is 37.5 Å². The molecule has 1 aliphatic carbocycles. The Morgan fingerprint density at radius 1 is 0.900 bits per heavy atom. The van der Waals surface area contributed by atoms with E-state index >= 15 is 0 Å². The van der Waals surface area contributed by atoms with E-state index in [0.717, 1.165) is 17.2 Å². The van der Waals surface area contributed by atoms with Gasteiger partial charge in [0.15, 0.2) is 5.78 Å². The SMILES string of the molecule is Cc1cc(C)cc(C[C@H](NC(=O)Nc2ccc(Cl)cc2F)C(=O)N[C@H](C(=O)N2CCC[C@H]2C(=O)N2CCCC[C@H]2C(=O)N[C@@H](C)C(=O)N2C[C@H](C)C[C@@]23CC3=O)[C@H](C)O)c1. The maximum absolute atomic E-state index is 14.5. The summed E-state index contributed by atoms with van der Waals surface area (Å²) in [7, 11) is 0. The number of Topliss-reactive ketones (excluding diaryl/α,β-unsaturated/α-hetero) is 1. The number of anilines is 1. The molecule has 8 atom stereocenters. The van der Waals surface area contributed by atoms with Gasteiger partial charge in [0.25, 0.3) is 0 Å². The van der Waals surface area contributed by atoms with Crippen LogP contribution in [0.4, 0.5) is 14.9 Å². The lowest BCUT2D eigenvalue weighted by Gasteiger charge is -2.39. The number of nitrogens with one attached hydrogen (secondary N) is 4. The summed E-state index contributed by atoms with van der Waals surface area (Å²) in [6, 6.07) is 2.79. The topological polar surface area (TPSA) is 198 Å². The summed E-state index contributed by atoms with van der Waals surface area (Å²) in [5, 5.41) is 21.4. The number of rotatable bonds is 12. The molecular formula is C43H55ClFN7O8. The van der Waals surface area contributed by atoms with Crippen LogP contribution in [0, 0.1) is 25.6 Å². The smallest absolute Gasteiger partial charge is 0.319 e. The van der Waals surface area contributed by atoms with Crippen molar-refractivity contribution in [3.05, 3.63) is 63.9 Å². The molecule has 15 nitrogen and oxygen atoms in total. The number of aliphatic hydroxyl groups excluding tert-OH is 1. The van der Waals surface area contributed by atoms with Crippen molar-refractivity contribution in [2.45, 2.75) is 128 Å². The van der Waals surface area contributed by atoms with Crippen LogP contribution in [0.2, 0.25) is 5.02 Å². The van der Waals surface area contributed by atoms with E-state index in [4.69, 9.17) is 11.6 Å². The van der Waals surface area contributed by atoms with Crippen molar-refractivity contribution >= 4 is 58.6 Å². The van der Waals surface area contributed by atoms with Gasteiger partial charge >= 0.3 is 6.03 Å². The van der Waals surface area contributed by atoms with Gasteiger partial charge in [-0.2, -0.15) is 0 Å². The summed E-state index contributed by atoms with van der Waals surface area (Å²) in [4.78, 5) is 99.8. The summed E-state index contributed by atoms with van der Waals surface area (Å²) in [5.74, 6) is -3.41. The number of amides is 7. The lowest BCUT2D eigenvalue weighted by Crippen LogP contribution is -2.62. The number of ketones is 1. The number of piperidine rings is 1. The number of aryl methyl sites for hydroxylation is 2. The Morgan fingerprint density at radius 3 is 2.22 bits per heavy atom. The predicted molar refractivity (Wildman–Crippen MR) is 220 cm³/mol. The van der Waals surface area contributed by atoms with Crippen molar-refractivity contribution in [3.63, 3.8) is 0 Å². The second-order valence-electron chi connectivity index (χ2n) is 17.1. The third-order valence-electron chi connectivity index (χ3n) is 12.0. The normalized spacial score (nSPS) is 24.4. The molecule has 0 radical (unpaired) electrons. The first-order chi connectivity index (χ1) is 28.4. The molecule has 6 rings (SSSR count). The largest absolute Gasteiger partial charge is 0.391 e. The van der Waals surface area contributed by atoms with Crippen LogP contribution in [0.5, 0.6) is 0 Å². The second-order valence-corrected chi connectivity index (χ2v) is 17.5. The third-order valence-corrected chi connectivity index (χ3v) is 12.3. The highest BCUT2D eigenvalue weighted by Crippen LogP contribution is 2.48. The molecule has 3 heterocycles. The van der Waals surface area contributed by atoms with Gasteiger partial charge in [-0.3, -0.25) is 28.8 Å². The fraction of sp³-hybridized carbons (Fsp3) is 0.558. The van der Waals surface area contributed by atoms with Gasteiger partial charge < -0.3 is 41.1 Å². The Hall–Kier alpha value is -5.09. The van der Waals surface area contributed by atoms with E-state index in [-0.39, 0.29) is 54.2 Å². The van der Waals surface area contributed by atoms with Gasteiger partial charge in [0.05, 0.1) is 11.8 Å². The minimum atomic E-state index is -1.52. The third kappa shape index (κ3) is 9.75. The zero-order chi connectivity index (χ0) is 43.6. The number of aliphatic hydroxyl groups is 1. The number of carbonyl (C=O) groups is 7. The van der Waals surface area contributed by atoms with Crippen LogP contribution in [0.25, 0.3) is 0 Å². The molecule has 5 N–H and O–H groups in total. The van der Waals surface area contributed by atoms with Crippen molar-refractivity contribution in [1.29, 1.82) is 0 Å². The summed E-state index contributed by atoms with van der Waals surface area (Å²) in [5.41, 5.74) is 1.57. The van der Waals surface area contributed by atoms with Gasteiger partial charge in [-0.1, -0.05) is 47.9 Å². The molecule has 1 spiro atoms. The first kappa shape index (κ1) is 44.5. The highest BCUT2D eigenvalue weighted by molar-refractivity contribution is 6.30. The van der Waals surface area contributed by atoms with Crippen molar-refractivity contribution < 1.29 is 43.1 Å². The molecule has 3 saturated heterocycles. The van der Waals surface area contributed by atoms with Crippen LogP contribution in [0.15, 0.2) is 36.4 Å².